The molecule has 17 heavy (non-hydrogen) atoms. The molecule has 3 nitrogen and oxygen atoms in total. The highest BCUT2D eigenvalue weighted by Gasteiger charge is 2.48. The van der Waals surface area contributed by atoms with Crippen LogP contribution in [0.25, 0.3) is 0 Å². The van der Waals surface area contributed by atoms with Crippen LogP contribution in [0.15, 0.2) is 15.5 Å². The fraction of sp³-hybridized carbons (Fsp3) is 0.364. The Kier molecular flexibility index (Phi) is 3.02. The molecule has 0 atom stereocenters. The van der Waals surface area contributed by atoms with Gasteiger partial charge < -0.3 is 4.74 Å². The van der Waals surface area contributed by atoms with Crippen molar-refractivity contribution >= 4 is 22.0 Å². The Morgan fingerprint density at radius 3 is 2.65 bits per heavy atom. The van der Waals surface area contributed by atoms with Crippen LogP contribution in [0.3, 0.4) is 0 Å². The second-order valence-electron chi connectivity index (χ2n) is 3.80. The van der Waals surface area contributed by atoms with Crippen LogP contribution < -0.4 is 4.74 Å². The smallest absolute Gasteiger partial charge is 0.235 e. The van der Waals surface area contributed by atoms with E-state index in [1.54, 1.807) is 0 Å². The zero-order valence-corrected chi connectivity index (χ0v) is 10.5. The number of halogens is 3. The molecule has 1 aromatic carbocycles. The highest BCUT2D eigenvalue weighted by molar-refractivity contribution is 9.10. The van der Waals surface area contributed by atoms with Gasteiger partial charge in [-0.15, -0.1) is 0 Å². The number of aliphatic imine (C=N–C) groups is 1. The third kappa shape index (κ3) is 1.87. The molecule has 0 aromatic heterocycles. The van der Waals surface area contributed by atoms with Crippen LogP contribution in [-0.4, -0.2) is 13.2 Å². The van der Waals surface area contributed by atoms with Gasteiger partial charge in [-0.1, -0.05) is 0 Å². The van der Waals surface area contributed by atoms with Gasteiger partial charge in [0, 0.05) is 5.56 Å². The second-order valence-corrected chi connectivity index (χ2v) is 4.59. The fourth-order valence-electron chi connectivity index (χ4n) is 1.77. The summed E-state index contributed by atoms with van der Waals surface area (Å²) in [7, 11) is 1.28. The van der Waals surface area contributed by atoms with Crippen LogP contribution >= 0.6 is 15.9 Å². The summed E-state index contributed by atoms with van der Waals surface area (Å²) in [6.07, 6.45) is 2.55. The Balaban J connectivity index is 2.66. The van der Waals surface area contributed by atoms with Gasteiger partial charge in [0.05, 0.1) is 11.6 Å². The van der Waals surface area contributed by atoms with Crippen LogP contribution in [0.1, 0.15) is 18.4 Å². The van der Waals surface area contributed by atoms with E-state index in [0.717, 1.165) is 6.07 Å². The zero-order chi connectivity index (χ0) is 12.6. The number of hydrogen-bond donors (Lipinski definition) is 0. The molecule has 1 fully saturated rings. The minimum Gasteiger partial charge on any atom is -0.493 e. The number of rotatable bonds is 3. The van der Waals surface area contributed by atoms with E-state index in [-0.39, 0.29) is 15.8 Å². The molecule has 1 aromatic rings. The fourth-order valence-corrected chi connectivity index (χ4v) is 2.07. The van der Waals surface area contributed by atoms with E-state index in [4.69, 9.17) is 4.74 Å². The van der Waals surface area contributed by atoms with Crippen molar-refractivity contribution in [1.82, 2.24) is 0 Å². The van der Waals surface area contributed by atoms with Crippen molar-refractivity contribution in [3.8, 4) is 5.75 Å². The lowest BCUT2D eigenvalue weighted by molar-refractivity contribution is 0.371. The molecule has 90 valence electrons. The van der Waals surface area contributed by atoms with Crippen molar-refractivity contribution in [2.45, 2.75) is 18.4 Å². The predicted molar refractivity (Wildman–Crippen MR) is 59.6 cm³/mol. The van der Waals surface area contributed by atoms with Crippen LogP contribution in [0.5, 0.6) is 5.75 Å². The van der Waals surface area contributed by atoms with Crippen molar-refractivity contribution in [3.05, 3.63) is 27.7 Å². The van der Waals surface area contributed by atoms with E-state index in [9.17, 15) is 13.6 Å². The summed E-state index contributed by atoms with van der Waals surface area (Å²) in [4.78, 5) is 14.0. The predicted octanol–water partition coefficient (Wildman–Crippen LogP) is 3.06. The first-order valence-electron chi connectivity index (χ1n) is 4.87. The van der Waals surface area contributed by atoms with Gasteiger partial charge in [0.2, 0.25) is 6.08 Å². The van der Waals surface area contributed by atoms with Gasteiger partial charge in [-0.05, 0) is 34.8 Å². The van der Waals surface area contributed by atoms with Gasteiger partial charge in [0.15, 0.2) is 11.6 Å². The largest absolute Gasteiger partial charge is 0.493 e. The van der Waals surface area contributed by atoms with E-state index in [1.165, 1.54) is 13.2 Å². The Morgan fingerprint density at radius 2 is 2.18 bits per heavy atom. The van der Waals surface area contributed by atoms with Crippen molar-refractivity contribution < 1.29 is 18.3 Å². The molecular weight excluding hydrogens is 296 g/mol. The topological polar surface area (TPSA) is 38.7 Å². The summed E-state index contributed by atoms with van der Waals surface area (Å²) >= 11 is 2.79. The van der Waals surface area contributed by atoms with Crippen LogP contribution in [0, 0.1) is 11.6 Å². The number of nitrogens with zero attached hydrogens (tertiary/aromatic N) is 1. The first-order valence-corrected chi connectivity index (χ1v) is 5.66. The van der Waals surface area contributed by atoms with E-state index in [0.29, 0.717) is 12.8 Å². The number of ether oxygens (including phenoxy) is 1. The Bertz CT molecular complexity index is 523. The summed E-state index contributed by atoms with van der Waals surface area (Å²) in [6, 6.07) is 1.14. The lowest BCUT2D eigenvalue weighted by atomic mass is 10.0. The maximum absolute atomic E-state index is 13.8. The molecule has 0 radical (unpaired) electrons. The van der Waals surface area contributed by atoms with Crippen LogP contribution in [-0.2, 0) is 10.3 Å². The van der Waals surface area contributed by atoms with Gasteiger partial charge in [0.25, 0.3) is 0 Å². The molecule has 0 spiro atoms. The maximum Gasteiger partial charge on any atom is 0.235 e. The first-order chi connectivity index (χ1) is 8.05. The van der Waals surface area contributed by atoms with Crippen molar-refractivity contribution in [2.24, 2.45) is 4.99 Å². The number of carbonyl (C=O) groups excluding carboxylic acids is 1. The van der Waals surface area contributed by atoms with Crippen molar-refractivity contribution in [1.29, 1.82) is 0 Å². The molecule has 0 amide bonds. The highest BCUT2D eigenvalue weighted by Crippen LogP contribution is 2.53. The van der Waals surface area contributed by atoms with Gasteiger partial charge in [-0.2, -0.15) is 4.99 Å². The number of isocyanates is 1. The van der Waals surface area contributed by atoms with Gasteiger partial charge in [-0.3, -0.25) is 0 Å². The van der Waals surface area contributed by atoms with E-state index in [1.807, 2.05) is 0 Å². The molecule has 1 aliphatic carbocycles. The second kappa shape index (κ2) is 4.20. The van der Waals surface area contributed by atoms with E-state index >= 15 is 0 Å². The molecule has 0 unspecified atom stereocenters. The lowest BCUT2D eigenvalue weighted by Crippen LogP contribution is -2.08. The summed E-state index contributed by atoms with van der Waals surface area (Å²) in [5.41, 5.74) is -0.614. The SMILES string of the molecule is COc1c(C2(N=C=O)CC2)cc(F)c(Br)c1F. The van der Waals surface area contributed by atoms with Gasteiger partial charge in [-0.25, -0.2) is 13.6 Å². The molecule has 2 rings (SSSR count). The molecule has 0 saturated heterocycles. The number of benzene rings is 1. The molecule has 1 aliphatic rings. The minimum absolute atomic E-state index is 0.0882. The monoisotopic (exact) mass is 303 g/mol. The Hall–Kier alpha value is -1.26. The summed E-state index contributed by atoms with van der Waals surface area (Å²) in [5.74, 6) is -1.66. The Labute approximate surface area is 105 Å². The summed E-state index contributed by atoms with van der Waals surface area (Å²) in [6.45, 7) is 0. The quantitative estimate of drug-likeness (QED) is 0.489. The summed E-state index contributed by atoms with van der Waals surface area (Å²) < 4.78 is 31.9. The minimum atomic E-state index is -0.866. The Morgan fingerprint density at radius 1 is 1.53 bits per heavy atom. The van der Waals surface area contributed by atoms with Gasteiger partial charge >= 0.3 is 0 Å². The van der Waals surface area contributed by atoms with Crippen molar-refractivity contribution in [3.63, 3.8) is 0 Å². The third-order valence-electron chi connectivity index (χ3n) is 2.81. The van der Waals surface area contributed by atoms with Gasteiger partial charge in [0.1, 0.15) is 11.4 Å². The molecule has 0 bridgehead atoms. The molecule has 0 N–H and O–H groups in total. The first kappa shape index (κ1) is 12.2. The highest BCUT2D eigenvalue weighted by atomic mass is 79.9. The normalized spacial score (nSPS) is 16.2. The molecule has 0 heterocycles. The average Bonchev–Trinajstić information content (AvgIpc) is 3.07. The van der Waals surface area contributed by atoms with Crippen LogP contribution in [0.2, 0.25) is 0 Å². The van der Waals surface area contributed by atoms with Crippen molar-refractivity contribution in [2.75, 3.05) is 7.11 Å². The average molecular weight is 304 g/mol. The molecular formula is C11H8BrF2NO2. The molecule has 0 aliphatic heterocycles. The maximum atomic E-state index is 13.8. The standard InChI is InChI=1S/C11H8BrF2NO2/c1-17-10-6(11(2-3-11)15-5-16)4-7(13)8(12)9(10)14/h4H,2-3H2,1H3. The molecule has 1 saturated carbocycles. The number of methoxy groups -OCH3 is 1. The molecule has 6 heteroatoms. The van der Waals surface area contributed by atoms with Crippen LogP contribution in [0.4, 0.5) is 8.78 Å². The lowest BCUT2D eigenvalue weighted by Gasteiger charge is -2.15. The summed E-state index contributed by atoms with van der Waals surface area (Å²) in [5, 5.41) is 0. The third-order valence-corrected chi connectivity index (χ3v) is 3.53. The van der Waals surface area contributed by atoms with E-state index < -0.39 is 17.2 Å². The zero-order valence-electron chi connectivity index (χ0n) is 8.89. The number of hydrogen-bond acceptors (Lipinski definition) is 3. The van der Waals surface area contributed by atoms with E-state index in [2.05, 4.69) is 20.9 Å².